The van der Waals surface area contributed by atoms with Gasteiger partial charge in [-0.2, -0.15) is 4.98 Å². The molecule has 1 N–H and O–H groups in total. The van der Waals surface area contributed by atoms with E-state index in [0.29, 0.717) is 30.7 Å². The van der Waals surface area contributed by atoms with Crippen LogP contribution in [0.2, 0.25) is 0 Å². The molecular formula is C13H19N5O2S. The number of aryl methyl sites for hydroxylation is 2. The van der Waals surface area contributed by atoms with Gasteiger partial charge in [-0.15, -0.1) is 5.10 Å². The van der Waals surface area contributed by atoms with Gasteiger partial charge >= 0.3 is 0 Å². The van der Waals surface area contributed by atoms with Crippen molar-refractivity contribution < 1.29 is 9.53 Å². The largest absolute Gasteiger partial charge is 0.379 e. The van der Waals surface area contributed by atoms with E-state index in [4.69, 9.17) is 4.74 Å². The summed E-state index contributed by atoms with van der Waals surface area (Å²) in [7, 11) is 0. The van der Waals surface area contributed by atoms with E-state index < -0.39 is 0 Å². The summed E-state index contributed by atoms with van der Waals surface area (Å²) in [6.45, 7) is 7.05. The van der Waals surface area contributed by atoms with Crippen molar-refractivity contribution in [1.82, 2.24) is 24.9 Å². The Balaban J connectivity index is 1.76. The second-order valence-electron chi connectivity index (χ2n) is 4.59. The summed E-state index contributed by atoms with van der Waals surface area (Å²) in [5.74, 6) is 1.34. The van der Waals surface area contributed by atoms with Crippen LogP contribution in [0, 0.1) is 13.8 Å². The number of hydrogen-bond donors (Lipinski definition) is 1. The van der Waals surface area contributed by atoms with E-state index in [-0.39, 0.29) is 5.91 Å². The molecule has 7 nitrogen and oxygen atoms in total. The molecular weight excluding hydrogens is 290 g/mol. The molecule has 1 amide bonds. The number of fused-ring (bicyclic) bond motifs is 1. The third kappa shape index (κ3) is 4.68. The zero-order chi connectivity index (χ0) is 15.2. The first-order chi connectivity index (χ1) is 10.1. The van der Waals surface area contributed by atoms with E-state index in [1.54, 1.807) is 4.52 Å². The Bertz CT molecular complexity index is 628. The molecule has 2 aromatic rings. The van der Waals surface area contributed by atoms with Gasteiger partial charge in [-0.3, -0.25) is 4.79 Å². The first kappa shape index (κ1) is 15.7. The molecule has 0 aliphatic rings. The number of carbonyl (C=O) groups is 1. The minimum Gasteiger partial charge on any atom is -0.379 e. The quantitative estimate of drug-likeness (QED) is 0.607. The fourth-order valence-electron chi connectivity index (χ4n) is 1.80. The summed E-state index contributed by atoms with van der Waals surface area (Å²) < 4.78 is 7.15. The molecule has 0 atom stereocenters. The fraction of sp³-hybridized carbons (Fsp3) is 0.538. The first-order valence-corrected chi connectivity index (χ1v) is 7.71. The lowest BCUT2D eigenvalue weighted by Gasteiger charge is -2.03. The molecule has 0 saturated carbocycles. The zero-order valence-corrected chi connectivity index (χ0v) is 13.2. The van der Waals surface area contributed by atoms with Crippen molar-refractivity contribution in [3.05, 3.63) is 17.5 Å². The van der Waals surface area contributed by atoms with E-state index in [2.05, 4.69) is 20.4 Å². The van der Waals surface area contributed by atoms with Crippen molar-refractivity contribution in [2.75, 3.05) is 25.5 Å². The Labute approximate surface area is 127 Å². The van der Waals surface area contributed by atoms with Gasteiger partial charge in [0, 0.05) is 30.6 Å². The third-order valence-electron chi connectivity index (χ3n) is 2.68. The van der Waals surface area contributed by atoms with Crippen LogP contribution in [0.4, 0.5) is 0 Å². The summed E-state index contributed by atoms with van der Waals surface area (Å²) in [5.41, 5.74) is 1.95. The van der Waals surface area contributed by atoms with Crippen LogP contribution in [-0.4, -0.2) is 51.0 Å². The van der Waals surface area contributed by atoms with Crippen molar-refractivity contribution in [3.8, 4) is 0 Å². The number of thioether (sulfide) groups is 1. The number of nitrogens with one attached hydrogen (secondary N) is 1. The molecule has 0 fully saturated rings. The van der Waals surface area contributed by atoms with Gasteiger partial charge in [0.25, 0.3) is 5.78 Å². The van der Waals surface area contributed by atoms with Crippen molar-refractivity contribution in [2.45, 2.75) is 25.9 Å². The third-order valence-corrected chi connectivity index (χ3v) is 3.48. The van der Waals surface area contributed by atoms with Gasteiger partial charge < -0.3 is 10.1 Å². The highest BCUT2D eigenvalue weighted by Crippen LogP contribution is 2.14. The van der Waals surface area contributed by atoms with E-state index in [0.717, 1.165) is 17.1 Å². The summed E-state index contributed by atoms with van der Waals surface area (Å²) in [4.78, 5) is 19.4. The lowest BCUT2D eigenvalue weighted by Crippen LogP contribution is -2.24. The van der Waals surface area contributed by atoms with Crippen LogP contribution in [0.3, 0.4) is 0 Å². The number of amides is 1. The maximum absolute atomic E-state index is 10.7. The summed E-state index contributed by atoms with van der Waals surface area (Å²) in [6, 6.07) is 1.97. The van der Waals surface area contributed by atoms with Crippen LogP contribution in [0.1, 0.15) is 18.3 Å². The second kappa shape index (κ2) is 7.37. The lowest BCUT2D eigenvalue weighted by molar-refractivity contribution is -0.119. The minimum atomic E-state index is -0.0416. The molecule has 2 rings (SSSR count). The number of hydrogen-bond acceptors (Lipinski definition) is 6. The van der Waals surface area contributed by atoms with Gasteiger partial charge in [0.15, 0.2) is 0 Å². The highest BCUT2D eigenvalue weighted by Gasteiger charge is 2.07. The monoisotopic (exact) mass is 309 g/mol. The van der Waals surface area contributed by atoms with E-state index in [1.165, 1.54) is 18.7 Å². The van der Waals surface area contributed by atoms with Gasteiger partial charge in [-0.05, 0) is 19.9 Å². The van der Waals surface area contributed by atoms with Gasteiger partial charge in [-0.25, -0.2) is 9.50 Å². The molecule has 8 heteroatoms. The number of rotatable bonds is 7. The lowest BCUT2D eigenvalue weighted by atomic mass is 10.4. The Hall–Kier alpha value is -1.67. The van der Waals surface area contributed by atoms with Crippen molar-refractivity contribution in [3.63, 3.8) is 0 Å². The van der Waals surface area contributed by atoms with Crippen molar-refractivity contribution >= 4 is 23.4 Å². The van der Waals surface area contributed by atoms with E-state index >= 15 is 0 Å². The Morgan fingerprint density at radius 2 is 2.19 bits per heavy atom. The summed E-state index contributed by atoms with van der Waals surface area (Å²) in [6.07, 6.45) is 0. The molecule has 0 aromatic carbocycles. The van der Waals surface area contributed by atoms with Crippen LogP contribution in [0.15, 0.2) is 11.2 Å². The van der Waals surface area contributed by atoms with Gasteiger partial charge in [0.05, 0.1) is 13.2 Å². The highest BCUT2D eigenvalue weighted by atomic mass is 32.2. The van der Waals surface area contributed by atoms with Crippen LogP contribution >= 0.6 is 11.8 Å². The second-order valence-corrected chi connectivity index (χ2v) is 5.65. The van der Waals surface area contributed by atoms with Crippen LogP contribution in [0.25, 0.3) is 5.78 Å². The Morgan fingerprint density at radius 1 is 1.38 bits per heavy atom. The molecule has 114 valence electrons. The van der Waals surface area contributed by atoms with Crippen molar-refractivity contribution in [1.29, 1.82) is 0 Å². The summed E-state index contributed by atoms with van der Waals surface area (Å²) in [5, 5.41) is 7.78. The van der Waals surface area contributed by atoms with Crippen LogP contribution in [0.5, 0.6) is 0 Å². The minimum absolute atomic E-state index is 0.0416. The number of aromatic nitrogens is 4. The number of carbonyl (C=O) groups excluding carboxylic acids is 1. The smallest absolute Gasteiger partial charge is 0.253 e. The molecule has 0 spiro atoms. The normalized spacial score (nSPS) is 11.0. The molecule has 0 bridgehead atoms. The SMILES string of the molecule is CC(=O)NCCOCCSc1nc2nc(C)cc(C)n2n1. The first-order valence-electron chi connectivity index (χ1n) is 6.72. The molecule has 21 heavy (non-hydrogen) atoms. The maximum Gasteiger partial charge on any atom is 0.253 e. The predicted molar refractivity (Wildman–Crippen MR) is 80.5 cm³/mol. The summed E-state index contributed by atoms with van der Waals surface area (Å²) >= 11 is 1.53. The maximum atomic E-state index is 10.7. The molecule has 0 aliphatic carbocycles. The van der Waals surface area contributed by atoms with Crippen LogP contribution in [-0.2, 0) is 9.53 Å². The standard InChI is InChI=1S/C13H19N5O2S/c1-9-8-10(2)18-12(15-9)16-13(17-18)21-7-6-20-5-4-14-11(3)19/h8H,4-7H2,1-3H3,(H,14,19). The van der Waals surface area contributed by atoms with Gasteiger partial charge in [0.1, 0.15) is 0 Å². The highest BCUT2D eigenvalue weighted by molar-refractivity contribution is 7.99. The average molecular weight is 309 g/mol. The number of nitrogens with zero attached hydrogens (tertiary/aromatic N) is 4. The topological polar surface area (TPSA) is 81.4 Å². The number of ether oxygens (including phenoxy) is 1. The molecule has 0 saturated heterocycles. The van der Waals surface area contributed by atoms with E-state index in [9.17, 15) is 4.79 Å². The molecule has 0 aliphatic heterocycles. The molecule has 2 heterocycles. The fourth-order valence-corrected chi connectivity index (χ4v) is 2.47. The van der Waals surface area contributed by atoms with Gasteiger partial charge in [0.2, 0.25) is 11.1 Å². The van der Waals surface area contributed by atoms with Crippen molar-refractivity contribution in [2.24, 2.45) is 0 Å². The molecule has 2 aromatic heterocycles. The predicted octanol–water partition coefficient (Wildman–Crippen LogP) is 0.986. The molecule has 0 unspecified atom stereocenters. The Kier molecular flexibility index (Phi) is 5.51. The van der Waals surface area contributed by atoms with Crippen LogP contribution < -0.4 is 5.32 Å². The van der Waals surface area contributed by atoms with Gasteiger partial charge in [-0.1, -0.05) is 11.8 Å². The van der Waals surface area contributed by atoms with E-state index in [1.807, 2.05) is 19.9 Å². The Morgan fingerprint density at radius 3 is 2.95 bits per heavy atom. The average Bonchev–Trinajstić information content (AvgIpc) is 2.80. The molecule has 0 radical (unpaired) electrons. The zero-order valence-electron chi connectivity index (χ0n) is 12.4.